The molecule has 2 heteroatoms. The molecule has 0 unspecified atom stereocenters. The molecule has 1 N–H and O–H groups in total. The molecule has 0 atom stereocenters. The van der Waals surface area contributed by atoms with Crippen LogP contribution in [0.15, 0.2) is 42.5 Å². The van der Waals surface area contributed by atoms with E-state index < -0.39 is 0 Å². The van der Waals surface area contributed by atoms with Crippen molar-refractivity contribution in [2.75, 3.05) is 5.32 Å². The van der Waals surface area contributed by atoms with Gasteiger partial charge in [-0.1, -0.05) is 30.3 Å². The van der Waals surface area contributed by atoms with Crippen molar-refractivity contribution in [1.29, 1.82) is 0 Å². The summed E-state index contributed by atoms with van der Waals surface area (Å²) in [4.78, 5) is 10.5. The van der Waals surface area contributed by atoms with E-state index in [1.165, 1.54) is 16.7 Å². The molecule has 16 heavy (non-hydrogen) atoms. The Hall–Kier alpha value is -2.09. The van der Waals surface area contributed by atoms with Crippen molar-refractivity contribution in [1.82, 2.24) is 0 Å². The molecule has 1 aliphatic carbocycles. The molecule has 2 nitrogen and oxygen atoms in total. The first kappa shape index (κ1) is 9.16. The molecule has 0 spiro atoms. The minimum Gasteiger partial charge on any atom is -0.328 e. The zero-order valence-electron chi connectivity index (χ0n) is 8.73. The maximum atomic E-state index is 10.5. The van der Waals surface area contributed by atoms with Gasteiger partial charge >= 0.3 is 0 Å². The summed E-state index contributed by atoms with van der Waals surface area (Å²) in [6.07, 6.45) is 1.70. The van der Waals surface area contributed by atoms with Crippen LogP contribution in [0.3, 0.4) is 0 Å². The third-order valence-electron chi connectivity index (χ3n) is 3.00. The zero-order valence-corrected chi connectivity index (χ0v) is 8.73. The first-order valence-corrected chi connectivity index (χ1v) is 5.30. The molecular weight excluding hydrogens is 198 g/mol. The Balaban J connectivity index is 2.24. The fraction of sp³-hybridized carbons (Fsp3) is 0.0714. The highest BCUT2D eigenvalue weighted by Gasteiger charge is 2.15. The van der Waals surface area contributed by atoms with Crippen LogP contribution in [0.2, 0.25) is 0 Å². The third-order valence-corrected chi connectivity index (χ3v) is 3.00. The van der Waals surface area contributed by atoms with Crippen LogP contribution >= 0.6 is 0 Å². The number of hydrogen-bond acceptors (Lipinski definition) is 1. The Bertz CT molecular complexity index is 560. The van der Waals surface area contributed by atoms with E-state index in [0.717, 1.165) is 24.1 Å². The van der Waals surface area contributed by atoms with E-state index in [1.54, 1.807) is 0 Å². The van der Waals surface area contributed by atoms with Crippen molar-refractivity contribution in [3.8, 4) is 11.1 Å². The third kappa shape index (κ3) is 1.31. The van der Waals surface area contributed by atoms with Gasteiger partial charge in [-0.05, 0) is 35.2 Å². The lowest BCUT2D eigenvalue weighted by Gasteiger charge is -2.19. The van der Waals surface area contributed by atoms with Gasteiger partial charge in [0.25, 0.3) is 0 Å². The predicted octanol–water partition coefficient (Wildman–Crippen LogP) is 2.83. The van der Waals surface area contributed by atoms with Crippen LogP contribution in [0.25, 0.3) is 11.1 Å². The zero-order chi connectivity index (χ0) is 11.0. The Morgan fingerprint density at radius 2 is 1.94 bits per heavy atom. The molecule has 2 aromatic rings. The lowest BCUT2D eigenvalue weighted by atomic mass is 9.87. The molecule has 0 aliphatic heterocycles. The van der Waals surface area contributed by atoms with Crippen molar-refractivity contribution in [2.45, 2.75) is 6.42 Å². The van der Waals surface area contributed by atoms with E-state index in [9.17, 15) is 4.79 Å². The van der Waals surface area contributed by atoms with Crippen LogP contribution in [0.4, 0.5) is 5.69 Å². The summed E-state index contributed by atoms with van der Waals surface area (Å²) in [5, 5.41) is 2.75. The second-order valence-corrected chi connectivity index (χ2v) is 3.98. The monoisotopic (exact) mass is 209 g/mol. The van der Waals surface area contributed by atoms with Crippen molar-refractivity contribution in [2.24, 2.45) is 0 Å². The summed E-state index contributed by atoms with van der Waals surface area (Å²) in [7, 11) is 0. The minimum atomic E-state index is 0.725. The van der Waals surface area contributed by atoms with Gasteiger partial charge in [-0.2, -0.15) is 0 Å². The van der Waals surface area contributed by atoms with Gasteiger partial charge in [-0.3, -0.25) is 4.79 Å². The summed E-state index contributed by atoms with van der Waals surface area (Å²) >= 11 is 0. The normalized spacial score (nSPS) is 11.8. The summed E-state index contributed by atoms with van der Waals surface area (Å²) in [5.41, 5.74) is 5.84. The highest BCUT2D eigenvalue weighted by atomic mass is 16.1. The fourth-order valence-electron chi connectivity index (χ4n) is 2.27. The van der Waals surface area contributed by atoms with Crippen molar-refractivity contribution < 1.29 is 4.79 Å². The Morgan fingerprint density at radius 1 is 1.06 bits per heavy atom. The highest BCUT2D eigenvalue weighted by molar-refractivity contribution is 5.88. The van der Waals surface area contributed by atoms with Crippen LogP contribution in [0.5, 0.6) is 0 Å². The highest BCUT2D eigenvalue weighted by Crippen LogP contribution is 2.36. The summed E-state index contributed by atoms with van der Waals surface area (Å²) < 4.78 is 0. The number of rotatable bonds is 2. The SMILES string of the molecule is O=CNc1ccc2cc1-c1ccccc1C2. The number of hydrogen-bond donors (Lipinski definition) is 1. The first-order chi connectivity index (χ1) is 7.88. The van der Waals surface area contributed by atoms with Crippen LogP contribution in [-0.4, -0.2) is 6.41 Å². The molecular formula is C14H11NO. The van der Waals surface area contributed by atoms with E-state index in [-0.39, 0.29) is 0 Å². The van der Waals surface area contributed by atoms with E-state index in [1.807, 2.05) is 12.1 Å². The van der Waals surface area contributed by atoms with Crippen LogP contribution in [0, 0.1) is 0 Å². The van der Waals surface area contributed by atoms with Gasteiger partial charge in [0.15, 0.2) is 0 Å². The Kier molecular flexibility index (Phi) is 2.00. The standard InChI is InChI=1S/C14H11NO/c16-9-15-14-6-5-10-7-11-3-1-2-4-12(11)13(14)8-10/h1-6,8-9H,7H2,(H,15,16). The molecule has 78 valence electrons. The van der Waals surface area contributed by atoms with Crippen molar-refractivity contribution >= 4 is 12.1 Å². The molecule has 0 heterocycles. The lowest BCUT2D eigenvalue weighted by molar-refractivity contribution is -0.105. The van der Waals surface area contributed by atoms with E-state index >= 15 is 0 Å². The number of anilines is 1. The second-order valence-electron chi connectivity index (χ2n) is 3.98. The second kappa shape index (κ2) is 3.49. The number of fused-ring (bicyclic) bond motifs is 4. The van der Waals surface area contributed by atoms with Gasteiger partial charge in [0.05, 0.1) is 0 Å². The molecule has 1 amide bonds. The van der Waals surface area contributed by atoms with Crippen LogP contribution in [-0.2, 0) is 11.2 Å². The first-order valence-electron chi connectivity index (χ1n) is 5.30. The number of nitrogens with one attached hydrogen (secondary N) is 1. The van der Waals surface area contributed by atoms with E-state index in [2.05, 4.69) is 35.6 Å². The average Bonchev–Trinajstić information content (AvgIpc) is 2.33. The predicted molar refractivity (Wildman–Crippen MR) is 64.4 cm³/mol. The van der Waals surface area contributed by atoms with Crippen molar-refractivity contribution in [3.05, 3.63) is 53.6 Å². The van der Waals surface area contributed by atoms with Crippen LogP contribution < -0.4 is 5.32 Å². The van der Waals surface area contributed by atoms with Gasteiger partial charge in [-0.25, -0.2) is 0 Å². The number of carbonyl (C=O) groups is 1. The Morgan fingerprint density at radius 3 is 2.81 bits per heavy atom. The fourth-order valence-corrected chi connectivity index (χ4v) is 2.27. The molecule has 2 bridgehead atoms. The molecule has 3 rings (SSSR count). The van der Waals surface area contributed by atoms with Gasteiger partial charge < -0.3 is 5.32 Å². The molecule has 0 radical (unpaired) electrons. The lowest BCUT2D eigenvalue weighted by Crippen LogP contribution is -2.03. The van der Waals surface area contributed by atoms with Gasteiger partial charge in [-0.15, -0.1) is 0 Å². The van der Waals surface area contributed by atoms with Gasteiger partial charge in [0.2, 0.25) is 6.41 Å². The average molecular weight is 209 g/mol. The minimum absolute atomic E-state index is 0.725. The maximum Gasteiger partial charge on any atom is 0.211 e. The van der Waals surface area contributed by atoms with E-state index in [4.69, 9.17) is 0 Å². The molecule has 2 aromatic carbocycles. The quantitative estimate of drug-likeness (QED) is 0.646. The smallest absolute Gasteiger partial charge is 0.211 e. The topological polar surface area (TPSA) is 29.1 Å². The summed E-state index contributed by atoms with van der Waals surface area (Å²) in [5.74, 6) is 0. The molecule has 0 fully saturated rings. The molecule has 0 saturated carbocycles. The summed E-state index contributed by atoms with van der Waals surface area (Å²) in [6, 6.07) is 14.5. The van der Waals surface area contributed by atoms with Gasteiger partial charge in [0, 0.05) is 11.3 Å². The summed E-state index contributed by atoms with van der Waals surface area (Å²) in [6.45, 7) is 0. The molecule has 0 aromatic heterocycles. The number of carbonyl (C=O) groups excluding carboxylic acids is 1. The van der Waals surface area contributed by atoms with Crippen molar-refractivity contribution in [3.63, 3.8) is 0 Å². The molecule has 1 aliphatic rings. The maximum absolute atomic E-state index is 10.5. The van der Waals surface area contributed by atoms with Crippen LogP contribution in [0.1, 0.15) is 11.1 Å². The number of amides is 1. The largest absolute Gasteiger partial charge is 0.328 e. The van der Waals surface area contributed by atoms with Gasteiger partial charge in [0.1, 0.15) is 0 Å². The van der Waals surface area contributed by atoms with E-state index in [0.29, 0.717) is 0 Å². The number of benzene rings is 2. The molecule has 0 saturated heterocycles. The Labute approximate surface area is 93.9 Å².